The van der Waals surface area contributed by atoms with Gasteiger partial charge in [0, 0.05) is 44.6 Å². The summed E-state index contributed by atoms with van der Waals surface area (Å²) in [5.41, 5.74) is 2.63. The van der Waals surface area contributed by atoms with Crippen molar-refractivity contribution in [3.63, 3.8) is 0 Å². The van der Waals surface area contributed by atoms with E-state index in [0.29, 0.717) is 33.2 Å². The van der Waals surface area contributed by atoms with Crippen LogP contribution in [0.4, 0.5) is 0 Å². The minimum absolute atomic E-state index is 0.149. The van der Waals surface area contributed by atoms with Crippen LogP contribution in [0.5, 0.6) is 5.75 Å². The van der Waals surface area contributed by atoms with Gasteiger partial charge < -0.3 is 14.5 Å². The fourth-order valence-corrected chi connectivity index (χ4v) is 7.51. The number of halogens is 1. The van der Waals surface area contributed by atoms with Gasteiger partial charge in [-0.25, -0.2) is 0 Å². The number of benzene rings is 4. The summed E-state index contributed by atoms with van der Waals surface area (Å²) < 4.78 is 11.1. The van der Waals surface area contributed by atoms with Gasteiger partial charge in [0.2, 0.25) is 0 Å². The SMILES string of the molecule is CCOC(=O)[C@@H]1c2[nH]c3ccccc3c2[C@H](c2ccc(Cl)cc2)C2(C(=O)c3ccccc3C2=O)[C@H]1c1ccc(OC)cc1. The number of ketones is 2. The lowest BCUT2D eigenvalue weighted by atomic mass is 9.50. The van der Waals surface area contributed by atoms with Crippen LogP contribution in [0.25, 0.3) is 10.9 Å². The maximum atomic E-state index is 15.1. The number of carbonyl (C=O) groups is 3. The van der Waals surface area contributed by atoms with Crippen LogP contribution in [0.15, 0.2) is 97.1 Å². The molecule has 1 spiro atoms. The third kappa shape index (κ3) is 3.83. The maximum absolute atomic E-state index is 15.1. The van der Waals surface area contributed by atoms with Crippen molar-refractivity contribution in [2.75, 3.05) is 13.7 Å². The van der Waals surface area contributed by atoms with E-state index < -0.39 is 29.1 Å². The number of carbonyl (C=O) groups excluding carboxylic acids is 3. The zero-order valence-electron chi connectivity index (χ0n) is 23.6. The normalized spacial score (nSPS) is 20.2. The molecule has 0 fully saturated rings. The Hall–Kier alpha value is -4.68. The second-order valence-electron chi connectivity index (χ2n) is 11.0. The number of hydrogen-bond acceptors (Lipinski definition) is 5. The molecule has 0 aliphatic heterocycles. The number of H-pyrrole nitrogens is 1. The van der Waals surface area contributed by atoms with Gasteiger partial charge in [-0.15, -0.1) is 0 Å². The highest BCUT2D eigenvalue weighted by atomic mass is 35.5. The van der Waals surface area contributed by atoms with E-state index in [1.165, 1.54) is 0 Å². The molecule has 0 saturated carbocycles. The number of ether oxygens (including phenoxy) is 2. The molecule has 5 aromatic rings. The van der Waals surface area contributed by atoms with Crippen LogP contribution in [-0.4, -0.2) is 36.2 Å². The van der Waals surface area contributed by atoms with E-state index >= 15 is 9.59 Å². The number of esters is 1. The molecule has 1 heterocycles. The van der Waals surface area contributed by atoms with Gasteiger partial charge >= 0.3 is 5.97 Å². The average Bonchev–Trinajstić information content (AvgIpc) is 3.51. The number of Topliss-reactive ketones (excluding diaryl/α,β-unsaturated/α-hetero) is 2. The topological polar surface area (TPSA) is 85.5 Å². The van der Waals surface area contributed by atoms with Gasteiger partial charge in [-0.05, 0) is 53.9 Å². The number of fused-ring (bicyclic) bond motifs is 4. The summed E-state index contributed by atoms with van der Waals surface area (Å²) in [6, 6.07) is 29.3. The molecule has 0 saturated heterocycles. The standard InChI is InChI=1S/C36H28ClNO5/c1-3-43-35(41)29-31(21-14-18-23(42-2)19-15-21)36(33(39)24-8-4-5-9-25(24)34(36)40)30(20-12-16-22(37)17-13-20)28-26-10-6-7-11-27(26)38-32(28)29/h4-19,29-31,38H,3H2,1-2H3/t29-,30-,31-/m0/s1. The molecule has 1 aromatic heterocycles. The smallest absolute Gasteiger partial charge is 0.315 e. The third-order valence-electron chi connectivity index (χ3n) is 9.04. The van der Waals surface area contributed by atoms with Gasteiger partial charge in [-0.2, -0.15) is 0 Å². The molecule has 43 heavy (non-hydrogen) atoms. The Balaban J connectivity index is 1.66. The zero-order chi connectivity index (χ0) is 29.9. The maximum Gasteiger partial charge on any atom is 0.315 e. The Labute approximate surface area is 253 Å². The molecule has 7 heteroatoms. The second-order valence-corrected chi connectivity index (χ2v) is 11.5. The summed E-state index contributed by atoms with van der Waals surface area (Å²) in [5, 5.41) is 1.38. The molecule has 0 unspecified atom stereocenters. The van der Waals surface area contributed by atoms with Crippen molar-refractivity contribution in [1.29, 1.82) is 0 Å². The van der Waals surface area contributed by atoms with Gasteiger partial charge in [-0.3, -0.25) is 14.4 Å². The number of nitrogens with one attached hydrogen (secondary N) is 1. The van der Waals surface area contributed by atoms with Crippen molar-refractivity contribution in [3.05, 3.63) is 136 Å². The molecular formula is C36H28ClNO5. The molecule has 0 radical (unpaired) electrons. The molecule has 2 aliphatic carbocycles. The van der Waals surface area contributed by atoms with E-state index in [4.69, 9.17) is 21.1 Å². The van der Waals surface area contributed by atoms with Crippen LogP contribution in [0.3, 0.4) is 0 Å². The lowest BCUT2D eigenvalue weighted by Crippen LogP contribution is -2.52. The quantitative estimate of drug-likeness (QED) is 0.170. The van der Waals surface area contributed by atoms with Crippen LogP contribution in [0.1, 0.15) is 67.8 Å². The zero-order valence-corrected chi connectivity index (χ0v) is 24.4. The molecule has 3 atom stereocenters. The number of methoxy groups -OCH3 is 1. The fraction of sp³-hybridized carbons (Fsp3) is 0.194. The predicted octanol–water partition coefficient (Wildman–Crippen LogP) is 7.47. The number of aromatic amines is 1. The molecule has 2 aliphatic rings. The van der Waals surface area contributed by atoms with E-state index in [1.807, 2.05) is 48.5 Å². The van der Waals surface area contributed by atoms with Gasteiger partial charge in [0.1, 0.15) is 17.1 Å². The largest absolute Gasteiger partial charge is 0.497 e. The molecule has 6 nitrogen and oxygen atoms in total. The van der Waals surface area contributed by atoms with Gasteiger partial charge in [0.05, 0.1) is 13.7 Å². The first-order valence-electron chi connectivity index (χ1n) is 14.3. The summed E-state index contributed by atoms with van der Waals surface area (Å²) in [6.45, 7) is 1.90. The van der Waals surface area contributed by atoms with E-state index in [0.717, 1.165) is 22.0 Å². The number of hydrogen-bond donors (Lipinski definition) is 1. The third-order valence-corrected chi connectivity index (χ3v) is 9.29. The van der Waals surface area contributed by atoms with Gasteiger partial charge in [-0.1, -0.05) is 78.3 Å². The molecule has 4 aromatic carbocycles. The minimum atomic E-state index is -1.69. The molecular weight excluding hydrogens is 562 g/mol. The second kappa shape index (κ2) is 10.2. The van der Waals surface area contributed by atoms with Crippen LogP contribution in [0.2, 0.25) is 5.02 Å². The van der Waals surface area contributed by atoms with Crippen LogP contribution in [0, 0.1) is 5.41 Å². The summed E-state index contributed by atoms with van der Waals surface area (Å²) in [5.74, 6) is -3.09. The molecule has 214 valence electrons. The highest BCUT2D eigenvalue weighted by Crippen LogP contribution is 2.66. The lowest BCUT2D eigenvalue weighted by Gasteiger charge is -2.48. The molecule has 1 N–H and O–H groups in total. The first kappa shape index (κ1) is 27.2. The molecule has 0 bridgehead atoms. The van der Waals surface area contributed by atoms with Crippen molar-refractivity contribution in [2.24, 2.45) is 5.41 Å². The predicted molar refractivity (Wildman–Crippen MR) is 164 cm³/mol. The van der Waals surface area contributed by atoms with Crippen molar-refractivity contribution < 1.29 is 23.9 Å². The van der Waals surface area contributed by atoms with Crippen molar-refractivity contribution in [3.8, 4) is 5.75 Å². The average molecular weight is 590 g/mol. The van der Waals surface area contributed by atoms with Crippen LogP contribution in [-0.2, 0) is 9.53 Å². The highest BCUT2D eigenvalue weighted by Gasteiger charge is 2.68. The Morgan fingerprint density at radius 2 is 1.44 bits per heavy atom. The lowest BCUT2D eigenvalue weighted by molar-refractivity contribution is -0.146. The van der Waals surface area contributed by atoms with Crippen molar-refractivity contribution in [2.45, 2.75) is 24.7 Å². The Kier molecular flexibility index (Phi) is 6.47. The summed E-state index contributed by atoms with van der Waals surface area (Å²) in [4.78, 5) is 47.9. The van der Waals surface area contributed by atoms with Crippen molar-refractivity contribution in [1.82, 2.24) is 4.98 Å². The Morgan fingerprint density at radius 3 is 2.07 bits per heavy atom. The van der Waals surface area contributed by atoms with Crippen LogP contribution >= 0.6 is 11.6 Å². The minimum Gasteiger partial charge on any atom is -0.497 e. The van der Waals surface area contributed by atoms with Gasteiger partial charge in [0.15, 0.2) is 11.6 Å². The Bertz CT molecular complexity index is 1870. The highest BCUT2D eigenvalue weighted by molar-refractivity contribution is 6.32. The number of rotatable bonds is 5. The molecule has 0 amide bonds. The Morgan fingerprint density at radius 1 is 0.837 bits per heavy atom. The monoisotopic (exact) mass is 589 g/mol. The van der Waals surface area contributed by atoms with E-state index in [1.54, 1.807) is 62.6 Å². The van der Waals surface area contributed by atoms with Gasteiger partial charge in [0.25, 0.3) is 0 Å². The fourth-order valence-electron chi connectivity index (χ4n) is 7.39. The summed E-state index contributed by atoms with van der Waals surface area (Å²) in [7, 11) is 1.58. The summed E-state index contributed by atoms with van der Waals surface area (Å²) in [6.07, 6.45) is 0. The van der Waals surface area contributed by atoms with E-state index in [9.17, 15) is 4.79 Å². The summed E-state index contributed by atoms with van der Waals surface area (Å²) >= 11 is 6.35. The first-order valence-corrected chi connectivity index (χ1v) is 14.6. The first-order chi connectivity index (χ1) is 20.9. The van der Waals surface area contributed by atoms with E-state index in [-0.39, 0.29) is 18.2 Å². The van der Waals surface area contributed by atoms with Crippen LogP contribution < -0.4 is 4.74 Å². The van der Waals surface area contributed by atoms with E-state index in [2.05, 4.69) is 4.98 Å². The number of aromatic nitrogens is 1. The van der Waals surface area contributed by atoms with Crippen molar-refractivity contribution >= 4 is 40.0 Å². The molecule has 7 rings (SSSR count). The number of para-hydroxylation sites is 1.